The molecule has 0 atom stereocenters. The van der Waals surface area contributed by atoms with Gasteiger partial charge >= 0.3 is 0 Å². The molecule has 0 aliphatic heterocycles. The molecule has 1 aromatic rings. The summed E-state index contributed by atoms with van der Waals surface area (Å²) >= 11 is 1.68. The zero-order valence-electron chi connectivity index (χ0n) is 7.94. The third kappa shape index (κ3) is 3.85. The van der Waals surface area contributed by atoms with Crippen LogP contribution >= 0.6 is 11.3 Å². The van der Waals surface area contributed by atoms with E-state index in [1.165, 1.54) is 4.88 Å². The number of hydrogen-bond donors (Lipinski definition) is 1. The number of nitrogens with zero attached hydrogens (tertiary/aromatic N) is 2. The molecule has 0 saturated heterocycles. The van der Waals surface area contributed by atoms with E-state index in [1.807, 2.05) is 11.7 Å². The molecule has 3 nitrogen and oxygen atoms in total. The van der Waals surface area contributed by atoms with Crippen molar-refractivity contribution in [2.75, 3.05) is 19.7 Å². The maximum atomic E-state index is 8.70. The normalized spacial score (nSPS) is 11.0. The van der Waals surface area contributed by atoms with E-state index in [9.17, 15) is 0 Å². The topological polar surface area (TPSA) is 36.4 Å². The van der Waals surface area contributed by atoms with Crippen LogP contribution in [-0.2, 0) is 6.54 Å². The van der Waals surface area contributed by atoms with E-state index in [1.54, 1.807) is 11.3 Å². The van der Waals surface area contributed by atoms with Crippen LogP contribution in [-0.4, -0.2) is 34.7 Å². The molecule has 13 heavy (non-hydrogen) atoms. The summed E-state index contributed by atoms with van der Waals surface area (Å²) in [5, 5.41) is 8.70. The largest absolute Gasteiger partial charge is 0.396 e. The van der Waals surface area contributed by atoms with Gasteiger partial charge in [0.25, 0.3) is 0 Å². The zero-order valence-corrected chi connectivity index (χ0v) is 8.76. The maximum absolute atomic E-state index is 8.70. The summed E-state index contributed by atoms with van der Waals surface area (Å²) in [6.07, 6.45) is 2.76. The van der Waals surface area contributed by atoms with Crippen molar-refractivity contribution in [1.82, 2.24) is 9.88 Å². The number of thiazole rings is 1. The van der Waals surface area contributed by atoms with Crippen LogP contribution in [0.1, 0.15) is 18.2 Å². The minimum atomic E-state index is 0.277. The monoisotopic (exact) mass is 200 g/mol. The highest BCUT2D eigenvalue weighted by Crippen LogP contribution is 2.09. The predicted octanol–water partition coefficient (Wildman–Crippen LogP) is 1.35. The molecule has 0 radical (unpaired) electrons. The molecular formula is C9H16N2OS. The Morgan fingerprint density at radius 1 is 1.62 bits per heavy atom. The van der Waals surface area contributed by atoms with Gasteiger partial charge in [-0.05, 0) is 13.0 Å². The highest BCUT2D eigenvalue weighted by atomic mass is 32.1. The van der Waals surface area contributed by atoms with Crippen LogP contribution in [0.2, 0.25) is 0 Å². The van der Waals surface area contributed by atoms with Gasteiger partial charge < -0.3 is 5.11 Å². The minimum absolute atomic E-state index is 0.277. The summed E-state index contributed by atoms with van der Waals surface area (Å²) < 4.78 is 0. The van der Waals surface area contributed by atoms with Crippen LogP contribution in [0.3, 0.4) is 0 Å². The summed E-state index contributed by atoms with van der Waals surface area (Å²) in [5.74, 6) is 0. The average Bonchev–Trinajstić information content (AvgIpc) is 2.64. The first-order valence-electron chi connectivity index (χ1n) is 4.57. The first-order chi connectivity index (χ1) is 6.36. The lowest BCUT2D eigenvalue weighted by molar-refractivity contribution is 0.226. The Kier molecular flexibility index (Phi) is 4.97. The summed E-state index contributed by atoms with van der Waals surface area (Å²) in [6.45, 7) is 5.36. The van der Waals surface area contributed by atoms with E-state index < -0.39 is 0 Å². The molecule has 1 rings (SSSR count). The molecular weight excluding hydrogens is 184 g/mol. The first kappa shape index (κ1) is 10.6. The second-order valence-corrected chi connectivity index (χ2v) is 3.88. The third-order valence-electron chi connectivity index (χ3n) is 1.94. The third-order valence-corrected chi connectivity index (χ3v) is 2.71. The molecule has 0 bridgehead atoms. The van der Waals surface area contributed by atoms with Crippen LogP contribution in [0.4, 0.5) is 0 Å². The number of rotatable bonds is 6. The van der Waals surface area contributed by atoms with E-state index in [2.05, 4.69) is 16.8 Å². The fourth-order valence-electron chi connectivity index (χ4n) is 1.18. The first-order valence-corrected chi connectivity index (χ1v) is 5.45. The molecule has 1 N–H and O–H groups in total. The summed E-state index contributed by atoms with van der Waals surface area (Å²) in [7, 11) is 0. The predicted molar refractivity (Wildman–Crippen MR) is 54.8 cm³/mol. The van der Waals surface area contributed by atoms with Gasteiger partial charge in [0.1, 0.15) is 0 Å². The van der Waals surface area contributed by atoms with Crippen molar-refractivity contribution >= 4 is 11.3 Å². The lowest BCUT2D eigenvalue weighted by Crippen LogP contribution is -2.24. The van der Waals surface area contributed by atoms with Crippen molar-refractivity contribution in [3.8, 4) is 0 Å². The van der Waals surface area contributed by atoms with Crippen molar-refractivity contribution in [3.05, 3.63) is 16.6 Å². The molecule has 74 valence electrons. The molecule has 1 aromatic heterocycles. The second kappa shape index (κ2) is 6.07. The Balaban J connectivity index is 2.31. The lowest BCUT2D eigenvalue weighted by atomic mass is 10.3. The Bertz CT molecular complexity index is 213. The Morgan fingerprint density at radius 2 is 2.46 bits per heavy atom. The van der Waals surface area contributed by atoms with Gasteiger partial charge in [-0.1, -0.05) is 6.92 Å². The van der Waals surface area contributed by atoms with Gasteiger partial charge in [0.2, 0.25) is 0 Å². The van der Waals surface area contributed by atoms with Gasteiger partial charge in [0.15, 0.2) is 0 Å². The Morgan fingerprint density at radius 3 is 3.00 bits per heavy atom. The molecule has 0 aliphatic carbocycles. The van der Waals surface area contributed by atoms with E-state index in [4.69, 9.17) is 5.11 Å². The lowest BCUT2D eigenvalue weighted by Gasteiger charge is -2.18. The molecule has 0 amide bonds. The van der Waals surface area contributed by atoms with Gasteiger partial charge in [-0.25, -0.2) is 0 Å². The number of aromatic nitrogens is 1. The molecule has 0 fully saturated rings. The van der Waals surface area contributed by atoms with Crippen molar-refractivity contribution in [2.45, 2.75) is 19.9 Å². The Labute approximate surface area is 83.0 Å². The standard InChI is InChI=1S/C9H16N2OS/c1-2-11(4-3-5-12)7-9-6-10-8-13-9/h6,8,12H,2-5,7H2,1H3. The summed E-state index contributed by atoms with van der Waals surface area (Å²) in [5.41, 5.74) is 1.86. The molecule has 0 spiro atoms. The number of aliphatic hydroxyl groups excluding tert-OH is 1. The van der Waals surface area contributed by atoms with Crippen LogP contribution in [0.25, 0.3) is 0 Å². The number of aliphatic hydroxyl groups is 1. The van der Waals surface area contributed by atoms with Gasteiger partial charge in [-0.2, -0.15) is 0 Å². The SMILES string of the molecule is CCN(CCCO)Cc1cncs1. The fourth-order valence-corrected chi connectivity index (χ4v) is 1.82. The van der Waals surface area contributed by atoms with E-state index in [0.29, 0.717) is 0 Å². The van der Waals surface area contributed by atoms with Crippen LogP contribution in [0.5, 0.6) is 0 Å². The van der Waals surface area contributed by atoms with E-state index >= 15 is 0 Å². The molecule has 0 saturated carbocycles. The second-order valence-electron chi connectivity index (χ2n) is 2.91. The van der Waals surface area contributed by atoms with Crippen LogP contribution in [0.15, 0.2) is 11.7 Å². The Hall–Kier alpha value is -0.450. The minimum Gasteiger partial charge on any atom is -0.396 e. The van der Waals surface area contributed by atoms with E-state index in [-0.39, 0.29) is 6.61 Å². The van der Waals surface area contributed by atoms with Crippen LogP contribution in [0, 0.1) is 0 Å². The summed E-state index contributed by atoms with van der Waals surface area (Å²) in [6, 6.07) is 0. The fraction of sp³-hybridized carbons (Fsp3) is 0.667. The zero-order chi connectivity index (χ0) is 9.52. The van der Waals surface area contributed by atoms with Crippen LogP contribution < -0.4 is 0 Å². The van der Waals surface area contributed by atoms with Gasteiger partial charge in [0.05, 0.1) is 5.51 Å². The highest BCUT2D eigenvalue weighted by Gasteiger charge is 2.03. The van der Waals surface area contributed by atoms with Gasteiger partial charge in [-0.3, -0.25) is 9.88 Å². The molecule has 4 heteroatoms. The van der Waals surface area contributed by atoms with Gasteiger partial charge in [0, 0.05) is 30.8 Å². The molecule has 0 unspecified atom stereocenters. The highest BCUT2D eigenvalue weighted by molar-refractivity contribution is 7.09. The molecule has 0 aromatic carbocycles. The van der Waals surface area contributed by atoms with E-state index in [0.717, 1.165) is 26.1 Å². The van der Waals surface area contributed by atoms with Crippen molar-refractivity contribution in [1.29, 1.82) is 0 Å². The van der Waals surface area contributed by atoms with Crippen molar-refractivity contribution in [2.24, 2.45) is 0 Å². The molecule has 0 aliphatic rings. The van der Waals surface area contributed by atoms with Gasteiger partial charge in [-0.15, -0.1) is 11.3 Å². The molecule has 1 heterocycles. The quantitative estimate of drug-likeness (QED) is 0.753. The average molecular weight is 200 g/mol. The van der Waals surface area contributed by atoms with Crippen molar-refractivity contribution < 1.29 is 5.11 Å². The summed E-state index contributed by atoms with van der Waals surface area (Å²) in [4.78, 5) is 7.63. The van der Waals surface area contributed by atoms with Crippen molar-refractivity contribution in [3.63, 3.8) is 0 Å². The smallest absolute Gasteiger partial charge is 0.0794 e. The maximum Gasteiger partial charge on any atom is 0.0794 e. The number of hydrogen-bond acceptors (Lipinski definition) is 4.